The molecule has 1 aromatic heterocycles. The van der Waals surface area contributed by atoms with E-state index in [9.17, 15) is 23.8 Å². The number of halogens is 2. The molecule has 1 aliphatic heterocycles. The molecule has 0 saturated heterocycles. The third kappa shape index (κ3) is 3.02. The Bertz CT molecular complexity index is 1220. The maximum atomic E-state index is 14.5. The molecule has 5 rings (SSSR count). The van der Waals surface area contributed by atoms with Crippen molar-refractivity contribution < 1.29 is 28.5 Å². The molecule has 0 bridgehead atoms. The number of rotatable bonds is 2. The van der Waals surface area contributed by atoms with E-state index in [0.717, 1.165) is 17.3 Å². The Morgan fingerprint density at radius 1 is 1.09 bits per heavy atom. The van der Waals surface area contributed by atoms with Gasteiger partial charge in [-0.25, -0.2) is 8.78 Å². The highest BCUT2D eigenvalue weighted by atomic mass is 19.1. The lowest BCUT2D eigenvalue weighted by Crippen LogP contribution is -2.46. The van der Waals surface area contributed by atoms with E-state index in [1.165, 1.54) is 18.2 Å². The van der Waals surface area contributed by atoms with E-state index in [1.807, 2.05) is 18.4 Å². The van der Waals surface area contributed by atoms with Crippen molar-refractivity contribution in [2.24, 2.45) is 5.92 Å². The van der Waals surface area contributed by atoms with Gasteiger partial charge in [-0.15, -0.1) is 0 Å². The Morgan fingerprint density at radius 2 is 1.75 bits per heavy atom. The van der Waals surface area contributed by atoms with Crippen LogP contribution in [0.5, 0.6) is 5.75 Å². The third-order valence-corrected chi connectivity index (χ3v) is 7.05. The van der Waals surface area contributed by atoms with Crippen LogP contribution in [0, 0.1) is 17.6 Å². The molecule has 1 fully saturated rings. The van der Waals surface area contributed by atoms with Gasteiger partial charge in [-0.3, -0.25) is 4.79 Å². The second kappa shape index (κ2) is 7.04. The van der Waals surface area contributed by atoms with Gasteiger partial charge in [-0.05, 0) is 56.0 Å². The number of phenols is 1. The number of carboxylic acids is 1. The molecule has 2 N–H and O–H groups in total. The molecule has 1 aliphatic carbocycles. The van der Waals surface area contributed by atoms with Crippen LogP contribution in [-0.2, 0) is 20.5 Å². The van der Waals surface area contributed by atoms with Crippen LogP contribution in [0.25, 0.3) is 16.6 Å². The predicted molar refractivity (Wildman–Crippen MR) is 115 cm³/mol. The van der Waals surface area contributed by atoms with E-state index < -0.39 is 28.7 Å². The predicted octanol–water partition coefficient (Wildman–Crippen LogP) is 5.39. The van der Waals surface area contributed by atoms with E-state index in [-0.39, 0.29) is 11.6 Å². The SMILES string of the molecule is CC1(C)COC2(CCC(C(=O)O)CC2)c2c1n(-c1ccc(F)cc1)c1cc(F)cc(O)c21. The molecule has 1 spiro atoms. The van der Waals surface area contributed by atoms with Crippen molar-refractivity contribution in [1.82, 2.24) is 4.57 Å². The molecule has 0 unspecified atom stereocenters. The number of aliphatic carboxylic acids is 1. The Kier molecular flexibility index (Phi) is 4.60. The van der Waals surface area contributed by atoms with Gasteiger partial charge in [-0.2, -0.15) is 0 Å². The molecule has 7 heteroatoms. The zero-order chi connectivity index (χ0) is 22.8. The highest BCUT2D eigenvalue weighted by Gasteiger charge is 2.50. The number of nitrogens with zero attached hydrogens (tertiary/aromatic N) is 1. The zero-order valence-corrected chi connectivity index (χ0v) is 18.0. The van der Waals surface area contributed by atoms with Crippen LogP contribution in [0.2, 0.25) is 0 Å². The number of phenolic OH excluding ortho intramolecular Hbond substituents is 1. The minimum Gasteiger partial charge on any atom is -0.507 e. The lowest BCUT2D eigenvalue weighted by molar-refractivity contribution is -0.149. The number of hydrogen-bond donors (Lipinski definition) is 2. The summed E-state index contributed by atoms with van der Waals surface area (Å²) in [6, 6.07) is 8.45. The van der Waals surface area contributed by atoms with Crippen molar-refractivity contribution in [3.05, 3.63) is 59.3 Å². The standard InChI is InChI=1S/C25H25F2NO4/c1-24(2)13-32-25(9-7-14(8-10-25)23(30)31)21-20-18(11-16(27)12-19(20)29)28(22(21)24)17-5-3-15(26)4-6-17/h3-6,11-12,14,29H,7-10,13H2,1-2H3,(H,30,31). The van der Waals surface area contributed by atoms with Gasteiger partial charge >= 0.3 is 5.97 Å². The fraction of sp³-hybridized carbons (Fsp3) is 0.400. The second-order valence-electron chi connectivity index (χ2n) is 9.63. The van der Waals surface area contributed by atoms with Crippen molar-refractivity contribution in [3.63, 3.8) is 0 Å². The number of aromatic hydroxyl groups is 1. The molecular formula is C25H25F2NO4. The molecule has 0 amide bonds. The average molecular weight is 441 g/mol. The number of carbonyl (C=O) groups is 1. The van der Waals surface area contributed by atoms with E-state index in [1.54, 1.807) is 12.1 Å². The molecular weight excluding hydrogens is 416 g/mol. The van der Waals surface area contributed by atoms with Crippen LogP contribution < -0.4 is 0 Å². The van der Waals surface area contributed by atoms with Crippen molar-refractivity contribution >= 4 is 16.9 Å². The molecule has 1 saturated carbocycles. The van der Waals surface area contributed by atoms with E-state index in [2.05, 4.69) is 0 Å². The fourth-order valence-corrected chi connectivity index (χ4v) is 5.49. The van der Waals surface area contributed by atoms with Crippen molar-refractivity contribution in [2.75, 3.05) is 6.61 Å². The molecule has 0 atom stereocenters. The quantitative estimate of drug-likeness (QED) is 0.559. The van der Waals surface area contributed by atoms with E-state index in [0.29, 0.717) is 48.9 Å². The summed E-state index contributed by atoms with van der Waals surface area (Å²) in [5, 5.41) is 20.8. The van der Waals surface area contributed by atoms with Crippen molar-refractivity contribution in [1.29, 1.82) is 0 Å². The van der Waals surface area contributed by atoms with Gasteiger partial charge < -0.3 is 19.5 Å². The maximum Gasteiger partial charge on any atom is 0.306 e. The van der Waals surface area contributed by atoms with Gasteiger partial charge in [0.25, 0.3) is 0 Å². The van der Waals surface area contributed by atoms with Crippen LogP contribution in [0.15, 0.2) is 36.4 Å². The van der Waals surface area contributed by atoms with Gasteiger partial charge in [0, 0.05) is 33.8 Å². The average Bonchev–Trinajstić information content (AvgIpc) is 3.10. The first-order valence-electron chi connectivity index (χ1n) is 10.8. The number of ether oxygens (including phenoxy) is 1. The van der Waals surface area contributed by atoms with Gasteiger partial charge in [0.15, 0.2) is 0 Å². The van der Waals surface area contributed by atoms with Crippen LogP contribution in [0.4, 0.5) is 8.78 Å². The van der Waals surface area contributed by atoms with Gasteiger partial charge in [-0.1, -0.05) is 13.8 Å². The van der Waals surface area contributed by atoms with Gasteiger partial charge in [0.05, 0.1) is 23.6 Å². The zero-order valence-electron chi connectivity index (χ0n) is 18.0. The maximum absolute atomic E-state index is 14.5. The summed E-state index contributed by atoms with van der Waals surface area (Å²) in [5.74, 6) is -2.37. The van der Waals surface area contributed by atoms with E-state index >= 15 is 0 Å². The molecule has 168 valence electrons. The number of fused-ring (bicyclic) bond motifs is 4. The van der Waals surface area contributed by atoms with Crippen molar-refractivity contribution in [2.45, 2.75) is 50.5 Å². The van der Waals surface area contributed by atoms with Crippen molar-refractivity contribution in [3.8, 4) is 11.4 Å². The van der Waals surface area contributed by atoms with Crippen LogP contribution in [-0.4, -0.2) is 27.4 Å². The smallest absolute Gasteiger partial charge is 0.306 e. The van der Waals surface area contributed by atoms with Gasteiger partial charge in [0.1, 0.15) is 17.4 Å². The summed E-state index contributed by atoms with van der Waals surface area (Å²) in [6.45, 7) is 4.43. The van der Waals surface area contributed by atoms with Crippen LogP contribution in [0.1, 0.15) is 50.8 Å². The van der Waals surface area contributed by atoms with E-state index in [4.69, 9.17) is 4.74 Å². The number of aromatic nitrogens is 1. The molecule has 32 heavy (non-hydrogen) atoms. The highest BCUT2D eigenvalue weighted by Crippen LogP contribution is 2.55. The Balaban J connectivity index is 1.84. The first-order chi connectivity index (χ1) is 15.1. The van der Waals surface area contributed by atoms with Crippen LogP contribution >= 0.6 is 0 Å². The minimum atomic E-state index is -0.810. The monoisotopic (exact) mass is 441 g/mol. The molecule has 5 nitrogen and oxygen atoms in total. The van der Waals surface area contributed by atoms with Crippen LogP contribution in [0.3, 0.4) is 0 Å². The second-order valence-corrected chi connectivity index (χ2v) is 9.63. The summed E-state index contributed by atoms with van der Waals surface area (Å²) in [6.07, 6.45) is 1.90. The summed E-state index contributed by atoms with van der Waals surface area (Å²) >= 11 is 0. The molecule has 2 aliphatic rings. The first-order valence-corrected chi connectivity index (χ1v) is 10.8. The summed E-state index contributed by atoms with van der Waals surface area (Å²) < 4.78 is 36.5. The summed E-state index contributed by atoms with van der Waals surface area (Å²) in [5.41, 5.74) is 1.55. The lowest BCUT2D eigenvalue weighted by Gasteiger charge is -2.47. The van der Waals surface area contributed by atoms with Gasteiger partial charge in [0.2, 0.25) is 0 Å². The normalized spacial score (nSPS) is 24.6. The number of benzene rings is 2. The Morgan fingerprint density at radius 3 is 2.38 bits per heavy atom. The number of hydrogen-bond acceptors (Lipinski definition) is 3. The molecule has 2 aromatic carbocycles. The largest absolute Gasteiger partial charge is 0.507 e. The fourth-order valence-electron chi connectivity index (χ4n) is 5.49. The molecule has 2 heterocycles. The summed E-state index contributed by atoms with van der Waals surface area (Å²) in [7, 11) is 0. The molecule has 3 aromatic rings. The summed E-state index contributed by atoms with van der Waals surface area (Å²) in [4.78, 5) is 11.5. The highest BCUT2D eigenvalue weighted by molar-refractivity contribution is 5.94. The number of carboxylic acid groups (broad SMARTS) is 1. The minimum absolute atomic E-state index is 0.182. The third-order valence-electron chi connectivity index (χ3n) is 7.05. The Labute approximate surface area is 184 Å². The Hall–Kier alpha value is -2.93. The first kappa shape index (κ1) is 20.9. The topological polar surface area (TPSA) is 71.7 Å². The molecule has 0 radical (unpaired) electrons. The lowest BCUT2D eigenvalue weighted by atomic mass is 9.69.